The first-order chi connectivity index (χ1) is 9.17. The number of aromatic nitrogens is 2. The SMILES string of the molecule is CC(C)(CCCCl)CNc1nccn(C(C)(C)C)c1=O. The normalized spacial score (nSPS) is 12.5. The average molecular weight is 300 g/mol. The lowest BCUT2D eigenvalue weighted by Crippen LogP contribution is -2.36. The standard InChI is InChI=1S/C15H26ClN3O/c1-14(2,3)19-10-9-17-12(13(19)20)18-11-15(4,5)7-6-8-16/h9-10H,6-8,11H2,1-5H3,(H,17,18). The van der Waals surface area contributed by atoms with Gasteiger partial charge in [-0.25, -0.2) is 4.98 Å². The first-order valence-corrected chi connectivity index (χ1v) is 7.59. The highest BCUT2D eigenvalue weighted by Gasteiger charge is 2.20. The van der Waals surface area contributed by atoms with Gasteiger partial charge in [0.15, 0.2) is 5.82 Å². The molecular formula is C15H26ClN3O. The number of nitrogens with zero attached hydrogens (tertiary/aromatic N) is 2. The van der Waals surface area contributed by atoms with E-state index in [4.69, 9.17) is 11.6 Å². The van der Waals surface area contributed by atoms with Crippen molar-refractivity contribution in [1.82, 2.24) is 9.55 Å². The summed E-state index contributed by atoms with van der Waals surface area (Å²) in [5.41, 5.74) is -0.233. The minimum atomic E-state index is -0.245. The molecule has 0 radical (unpaired) electrons. The van der Waals surface area contributed by atoms with E-state index in [1.807, 2.05) is 20.8 Å². The van der Waals surface area contributed by atoms with Gasteiger partial charge in [-0.2, -0.15) is 0 Å². The van der Waals surface area contributed by atoms with Gasteiger partial charge in [-0.3, -0.25) is 4.79 Å². The van der Waals surface area contributed by atoms with Crippen LogP contribution < -0.4 is 10.9 Å². The van der Waals surface area contributed by atoms with Crippen LogP contribution >= 0.6 is 11.6 Å². The summed E-state index contributed by atoms with van der Waals surface area (Å²) in [7, 11) is 0. The van der Waals surface area contributed by atoms with Gasteiger partial charge in [-0.05, 0) is 39.0 Å². The Hall–Kier alpha value is -1.03. The molecule has 114 valence electrons. The monoisotopic (exact) mass is 299 g/mol. The molecule has 0 unspecified atom stereocenters. The van der Waals surface area contributed by atoms with Crippen molar-refractivity contribution in [1.29, 1.82) is 0 Å². The van der Waals surface area contributed by atoms with Gasteiger partial charge in [-0.1, -0.05) is 13.8 Å². The molecule has 20 heavy (non-hydrogen) atoms. The molecule has 0 fully saturated rings. The van der Waals surface area contributed by atoms with Crippen LogP contribution in [-0.4, -0.2) is 22.0 Å². The molecule has 1 aromatic heterocycles. The van der Waals surface area contributed by atoms with Crippen molar-refractivity contribution < 1.29 is 0 Å². The fourth-order valence-electron chi connectivity index (χ4n) is 2.02. The fraction of sp³-hybridized carbons (Fsp3) is 0.733. The molecule has 0 saturated carbocycles. The Kier molecular flexibility index (Phi) is 5.63. The predicted octanol–water partition coefficient (Wildman–Crippen LogP) is 3.46. The van der Waals surface area contributed by atoms with E-state index in [2.05, 4.69) is 24.1 Å². The number of rotatable bonds is 6. The van der Waals surface area contributed by atoms with Gasteiger partial charge in [0.05, 0.1) is 0 Å². The Balaban J connectivity index is 2.82. The second kappa shape index (κ2) is 6.61. The van der Waals surface area contributed by atoms with Crippen LogP contribution in [0.4, 0.5) is 5.82 Å². The zero-order valence-corrected chi connectivity index (χ0v) is 13.9. The quantitative estimate of drug-likeness (QED) is 0.818. The number of hydrogen-bond donors (Lipinski definition) is 1. The van der Waals surface area contributed by atoms with Gasteiger partial charge in [0, 0.05) is 30.4 Å². The topological polar surface area (TPSA) is 46.9 Å². The Labute approximate surface area is 126 Å². The molecule has 0 amide bonds. The first-order valence-electron chi connectivity index (χ1n) is 7.05. The smallest absolute Gasteiger partial charge is 0.293 e. The molecule has 1 aromatic rings. The maximum absolute atomic E-state index is 12.4. The zero-order chi connectivity index (χ0) is 15.4. The number of nitrogens with one attached hydrogen (secondary N) is 1. The number of halogens is 1. The molecule has 1 N–H and O–H groups in total. The Morgan fingerprint density at radius 1 is 1.30 bits per heavy atom. The lowest BCUT2D eigenvalue weighted by atomic mass is 9.88. The van der Waals surface area contributed by atoms with E-state index in [1.165, 1.54) is 0 Å². The summed E-state index contributed by atoms with van der Waals surface area (Å²) in [6.45, 7) is 11.0. The average Bonchev–Trinajstić information content (AvgIpc) is 2.34. The van der Waals surface area contributed by atoms with Crippen LogP contribution in [0, 0.1) is 5.41 Å². The van der Waals surface area contributed by atoms with Gasteiger partial charge in [-0.15, -0.1) is 11.6 Å². The van der Waals surface area contributed by atoms with E-state index in [1.54, 1.807) is 17.0 Å². The van der Waals surface area contributed by atoms with Gasteiger partial charge < -0.3 is 9.88 Å². The van der Waals surface area contributed by atoms with Crippen molar-refractivity contribution in [3.8, 4) is 0 Å². The van der Waals surface area contributed by atoms with Crippen molar-refractivity contribution >= 4 is 17.4 Å². The third-order valence-electron chi connectivity index (χ3n) is 3.29. The van der Waals surface area contributed by atoms with E-state index in [0.717, 1.165) is 12.8 Å². The minimum absolute atomic E-state index is 0.0758. The molecule has 0 aliphatic rings. The minimum Gasteiger partial charge on any atom is -0.365 e. The predicted molar refractivity (Wildman–Crippen MR) is 85.7 cm³/mol. The number of anilines is 1. The lowest BCUT2D eigenvalue weighted by Gasteiger charge is -2.26. The van der Waals surface area contributed by atoms with Crippen molar-refractivity contribution in [3.63, 3.8) is 0 Å². The second-order valence-electron chi connectivity index (χ2n) is 6.93. The van der Waals surface area contributed by atoms with Gasteiger partial charge in [0.2, 0.25) is 0 Å². The lowest BCUT2D eigenvalue weighted by molar-refractivity contribution is 0.353. The molecule has 0 aliphatic carbocycles. The highest BCUT2D eigenvalue weighted by Crippen LogP contribution is 2.22. The Morgan fingerprint density at radius 2 is 1.95 bits per heavy atom. The molecule has 0 atom stereocenters. The first kappa shape index (κ1) is 17.0. The highest BCUT2D eigenvalue weighted by atomic mass is 35.5. The molecule has 1 heterocycles. The molecule has 4 nitrogen and oxygen atoms in total. The molecule has 5 heteroatoms. The van der Waals surface area contributed by atoms with Crippen LogP contribution in [0.25, 0.3) is 0 Å². The molecule has 1 rings (SSSR count). The molecule has 0 aromatic carbocycles. The van der Waals surface area contributed by atoms with Gasteiger partial charge in [0.25, 0.3) is 5.56 Å². The summed E-state index contributed by atoms with van der Waals surface area (Å²) < 4.78 is 1.70. The maximum atomic E-state index is 12.4. The van der Waals surface area contributed by atoms with Crippen LogP contribution in [0.15, 0.2) is 17.2 Å². The van der Waals surface area contributed by atoms with Gasteiger partial charge >= 0.3 is 0 Å². The Bertz CT molecular complexity index is 489. The van der Waals surface area contributed by atoms with E-state index >= 15 is 0 Å². The van der Waals surface area contributed by atoms with Gasteiger partial charge in [0.1, 0.15) is 0 Å². The van der Waals surface area contributed by atoms with Crippen LogP contribution in [-0.2, 0) is 5.54 Å². The third kappa shape index (κ3) is 4.82. The summed E-state index contributed by atoms with van der Waals surface area (Å²) in [6.07, 6.45) is 5.39. The van der Waals surface area contributed by atoms with Crippen LogP contribution in [0.1, 0.15) is 47.5 Å². The summed E-state index contributed by atoms with van der Waals surface area (Å²) in [5.74, 6) is 1.09. The molecule has 0 spiro atoms. The highest BCUT2D eigenvalue weighted by molar-refractivity contribution is 6.17. The molecule has 0 aliphatic heterocycles. The fourth-order valence-corrected chi connectivity index (χ4v) is 2.15. The van der Waals surface area contributed by atoms with Crippen LogP contribution in [0.5, 0.6) is 0 Å². The van der Waals surface area contributed by atoms with E-state index in [0.29, 0.717) is 18.2 Å². The third-order valence-corrected chi connectivity index (χ3v) is 3.55. The summed E-state index contributed by atoms with van der Waals surface area (Å²) in [6, 6.07) is 0. The van der Waals surface area contributed by atoms with Crippen molar-refractivity contribution in [2.75, 3.05) is 17.7 Å². The van der Waals surface area contributed by atoms with Crippen LogP contribution in [0.3, 0.4) is 0 Å². The summed E-state index contributed by atoms with van der Waals surface area (Å²) in [4.78, 5) is 16.5. The van der Waals surface area contributed by atoms with E-state index in [-0.39, 0.29) is 16.5 Å². The van der Waals surface area contributed by atoms with Crippen molar-refractivity contribution in [2.24, 2.45) is 5.41 Å². The number of alkyl halides is 1. The van der Waals surface area contributed by atoms with Crippen molar-refractivity contribution in [3.05, 3.63) is 22.7 Å². The molecule has 0 bridgehead atoms. The van der Waals surface area contributed by atoms with E-state index < -0.39 is 0 Å². The second-order valence-corrected chi connectivity index (χ2v) is 7.31. The number of hydrogen-bond acceptors (Lipinski definition) is 3. The van der Waals surface area contributed by atoms with Crippen LogP contribution in [0.2, 0.25) is 0 Å². The molecular weight excluding hydrogens is 274 g/mol. The Morgan fingerprint density at radius 3 is 2.50 bits per heavy atom. The summed E-state index contributed by atoms with van der Waals surface area (Å²) >= 11 is 5.73. The molecule has 0 saturated heterocycles. The maximum Gasteiger partial charge on any atom is 0.293 e. The zero-order valence-electron chi connectivity index (χ0n) is 13.2. The van der Waals surface area contributed by atoms with Crippen molar-refractivity contribution in [2.45, 2.75) is 53.0 Å². The van der Waals surface area contributed by atoms with E-state index in [9.17, 15) is 4.79 Å². The summed E-state index contributed by atoms with van der Waals surface area (Å²) in [5, 5.41) is 3.19. The largest absolute Gasteiger partial charge is 0.365 e.